The molecule has 80 valence electrons. The lowest BCUT2D eigenvalue weighted by atomic mass is 10.3. The predicted octanol–water partition coefficient (Wildman–Crippen LogP) is 0.993. The van der Waals surface area contributed by atoms with Crippen LogP contribution in [-0.4, -0.2) is 18.7 Å². The topological polar surface area (TPSA) is 67.3 Å². The fourth-order valence-electron chi connectivity index (χ4n) is 1.50. The first-order valence-corrected chi connectivity index (χ1v) is 4.72. The second-order valence-corrected chi connectivity index (χ2v) is 3.45. The zero-order valence-corrected chi connectivity index (χ0v) is 8.82. The van der Waals surface area contributed by atoms with Crippen LogP contribution in [0.3, 0.4) is 0 Å². The van der Waals surface area contributed by atoms with E-state index in [0.29, 0.717) is 12.6 Å². The highest BCUT2D eigenvalue weighted by Crippen LogP contribution is 2.21. The summed E-state index contributed by atoms with van der Waals surface area (Å²) in [5.41, 5.74) is 5.33. The molecule has 0 atom stereocenters. The Morgan fingerprint density at radius 2 is 2.33 bits per heavy atom. The first kappa shape index (κ1) is 9.95. The number of anilines is 1. The number of oxazole rings is 1. The number of nitrogens with two attached hydrogens (primary N) is 1. The van der Waals surface area contributed by atoms with Crippen LogP contribution in [0.5, 0.6) is 0 Å². The summed E-state index contributed by atoms with van der Waals surface area (Å²) in [7, 11) is 1.95. The lowest BCUT2D eigenvalue weighted by Crippen LogP contribution is -2.35. The number of nitrogens with zero attached hydrogens (tertiary/aromatic N) is 2. The molecule has 0 aliphatic carbocycles. The van der Waals surface area contributed by atoms with Gasteiger partial charge in [0.15, 0.2) is 11.5 Å². The molecule has 5 nitrogen and oxygen atoms in total. The zero-order valence-electron chi connectivity index (χ0n) is 8.82. The largest absolute Gasteiger partial charge is 0.441 e. The summed E-state index contributed by atoms with van der Waals surface area (Å²) in [5.74, 6) is 5.94. The molecule has 5 heteroatoms. The van der Waals surface area contributed by atoms with Crippen molar-refractivity contribution in [1.29, 1.82) is 0 Å². The molecule has 1 aromatic carbocycles. The van der Waals surface area contributed by atoms with E-state index < -0.39 is 0 Å². The number of hydrogen-bond donors (Lipinski definition) is 2. The van der Waals surface area contributed by atoms with E-state index in [1.54, 1.807) is 0 Å². The standard InChI is InChI=1S/C10H14N4O/c1-7-13-9-5-8(14(2)6-12-11)3-4-10(9)15-7/h3-5,12H,6,11H2,1-2H3. The van der Waals surface area contributed by atoms with Gasteiger partial charge in [0.1, 0.15) is 5.52 Å². The SMILES string of the molecule is Cc1nc2cc(N(C)CNN)ccc2o1. The minimum absolute atomic E-state index is 0.586. The molecule has 0 amide bonds. The van der Waals surface area contributed by atoms with Gasteiger partial charge in [-0.05, 0) is 18.2 Å². The molecule has 0 aliphatic rings. The molecule has 1 aromatic heterocycles. The van der Waals surface area contributed by atoms with Crippen molar-refractivity contribution in [3.8, 4) is 0 Å². The van der Waals surface area contributed by atoms with E-state index in [9.17, 15) is 0 Å². The van der Waals surface area contributed by atoms with Crippen molar-refractivity contribution in [2.75, 3.05) is 18.6 Å². The monoisotopic (exact) mass is 206 g/mol. The predicted molar refractivity (Wildman–Crippen MR) is 59.3 cm³/mol. The third-order valence-corrected chi connectivity index (χ3v) is 2.25. The van der Waals surface area contributed by atoms with E-state index in [1.807, 2.05) is 37.1 Å². The van der Waals surface area contributed by atoms with Crippen LogP contribution < -0.4 is 16.2 Å². The Morgan fingerprint density at radius 3 is 3.07 bits per heavy atom. The highest BCUT2D eigenvalue weighted by atomic mass is 16.3. The fourth-order valence-corrected chi connectivity index (χ4v) is 1.50. The molecule has 0 radical (unpaired) electrons. The van der Waals surface area contributed by atoms with Crippen LogP contribution in [0.4, 0.5) is 5.69 Å². The van der Waals surface area contributed by atoms with Crippen LogP contribution in [0.25, 0.3) is 11.1 Å². The Labute approximate surface area is 87.8 Å². The van der Waals surface area contributed by atoms with Gasteiger partial charge in [-0.15, -0.1) is 0 Å². The van der Waals surface area contributed by atoms with Crippen LogP contribution in [0.15, 0.2) is 22.6 Å². The molecule has 0 saturated heterocycles. The molecule has 0 saturated carbocycles. The molecular weight excluding hydrogens is 192 g/mol. The zero-order chi connectivity index (χ0) is 10.8. The summed E-state index contributed by atoms with van der Waals surface area (Å²) in [4.78, 5) is 6.26. The molecule has 0 fully saturated rings. The van der Waals surface area contributed by atoms with Gasteiger partial charge in [-0.2, -0.15) is 0 Å². The van der Waals surface area contributed by atoms with Crippen molar-refractivity contribution in [2.24, 2.45) is 5.84 Å². The van der Waals surface area contributed by atoms with Crippen LogP contribution in [0, 0.1) is 6.92 Å². The lowest BCUT2D eigenvalue weighted by Gasteiger charge is -2.17. The van der Waals surface area contributed by atoms with Crippen LogP contribution in [0.1, 0.15) is 5.89 Å². The number of aryl methyl sites for hydroxylation is 1. The average molecular weight is 206 g/mol. The molecule has 0 unspecified atom stereocenters. The van der Waals surface area contributed by atoms with E-state index in [1.165, 1.54) is 0 Å². The first-order valence-electron chi connectivity index (χ1n) is 4.72. The van der Waals surface area contributed by atoms with Crippen LogP contribution >= 0.6 is 0 Å². The highest BCUT2D eigenvalue weighted by Gasteiger charge is 2.05. The minimum Gasteiger partial charge on any atom is -0.441 e. The van der Waals surface area contributed by atoms with E-state index in [-0.39, 0.29) is 0 Å². The van der Waals surface area contributed by atoms with Crippen LogP contribution in [0.2, 0.25) is 0 Å². The Kier molecular flexibility index (Phi) is 2.57. The maximum absolute atomic E-state index is 5.39. The Balaban J connectivity index is 2.37. The number of hydrazine groups is 1. The average Bonchev–Trinajstić information content (AvgIpc) is 2.57. The van der Waals surface area contributed by atoms with Gasteiger partial charge < -0.3 is 9.32 Å². The maximum atomic E-state index is 5.39. The number of rotatable bonds is 3. The number of hydrogen-bond acceptors (Lipinski definition) is 5. The highest BCUT2D eigenvalue weighted by molar-refractivity contribution is 5.77. The van der Waals surface area contributed by atoms with E-state index >= 15 is 0 Å². The number of aromatic nitrogens is 1. The molecule has 1 heterocycles. The summed E-state index contributed by atoms with van der Waals surface area (Å²) in [5, 5.41) is 0. The van der Waals surface area contributed by atoms with Gasteiger partial charge in [0.2, 0.25) is 0 Å². The lowest BCUT2D eigenvalue weighted by molar-refractivity contribution is 0.561. The van der Waals surface area contributed by atoms with Gasteiger partial charge in [0.25, 0.3) is 0 Å². The number of fused-ring (bicyclic) bond motifs is 1. The first-order chi connectivity index (χ1) is 7.20. The Morgan fingerprint density at radius 1 is 1.53 bits per heavy atom. The van der Waals surface area contributed by atoms with Gasteiger partial charge in [-0.1, -0.05) is 0 Å². The third kappa shape index (κ3) is 1.93. The molecule has 15 heavy (non-hydrogen) atoms. The number of benzene rings is 1. The molecule has 0 spiro atoms. The van der Waals surface area contributed by atoms with Gasteiger partial charge in [0, 0.05) is 19.7 Å². The number of nitrogens with one attached hydrogen (secondary N) is 1. The molecule has 2 rings (SSSR count). The minimum atomic E-state index is 0.586. The molecule has 0 aliphatic heterocycles. The van der Waals surface area contributed by atoms with Crippen molar-refractivity contribution >= 4 is 16.8 Å². The summed E-state index contributed by atoms with van der Waals surface area (Å²) < 4.78 is 5.39. The summed E-state index contributed by atoms with van der Waals surface area (Å²) in [6.07, 6.45) is 0. The molecule has 2 aromatic rings. The Hall–Kier alpha value is -1.59. The van der Waals surface area contributed by atoms with Gasteiger partial charge >= 0.3 is 0 Å². The quantitative estimate of drug-likeness (QED) is 0.445. The van der Waals surface area contributed by atoms with E-state index in [4.69, 9.17) is 10.3 Å². The third-order valence-electron chi connectivity index (χ3n) is 2.25. The van der Waals surface area contributed by atoms with E-state index in [0.717, 1.165) is 16.8 Å². The van der Waals surface area contributed by atoms with Gasteiger partial charge in [0.05, 0.1) is 6.67 Å². The van der Waals surface area contributed by atoms with Gasteiger partial charge in [-0.25, -0.2) is 10.4 Å². The van der Waals surface area contributed by atoms with Crippen molar-refractivity contribution in [3.05, 3.63) is 24.1 Å². The molecule has 0 bridgehead atoms. The summed E-state index contributed by atoms with van der Waals surface area (Å²) >= 11 is 0. The smallest absolute Gasteiger partial charge is 0.192 e. The van der Waals surface area contributed by atoms with Crippen molar-refractivity contribution < 1.29 is 4.42 Å². The second kappa shape index (κ2) is 3.88. The maximum Gasteiger partial charge on any atom is 0.192 e. The summed E-state index contributed by atoms with van der Waals surface area (Å²) in [6, 6.07) is 5.87. The fraction of sp³-hybridized carbons (Fsp3) is 0.300. The van der Waals surface area contributed by atoms with Crippen molar-refractivity contribution in [1.82, 2.24) is 10.4 Å². The molecular formula is C10H14N4O. The molecule has 3 N–H and O–H groups in total. The van der Waals surface area contributed by atoms with Gasteiger partial charge in [-0.3, -0.25) is 5.84 Å². The van der Waals surface area contributed by atoms with Crippen LogP contribution in [-0.2, 0) is 0 Å². The van der Waals surface area contributed by atoms with Crippen molar-refractivity contribution in [3.63, 3.8) is 0 Å². The second-order valence-electron chi connectivity index (χ2n) is 3.45. The Bertz CT molecular complexity index is 465. The van der Waals surface area contributed by atoms with Crippen molar-refractivity contribution in [2.45, 2.75) is 6.92 Å². The normalized spacial score (nSPS) is 10.9. The summed E-state index contributed by atoms with van der Waals surface area (Å²) in [6.45, 7) is 2.42. The van der Waals surface area contributed by atoms with E-state index in [2.05, 4.69) is 10.4 Å².